The van der Waals surface area contributed by atoms with Gasteiger partial charge in [0.05, 0.1) is 19.2 Å². The minimum absolute atomic E-state index is 0.196. The summed E-state index contributed by atoms with van der Waals surface area (Å²) in [7, 11) is 0. The number of β-amino-alcohol motifs (C(OH)–C–C–N with tert-alkyl or cyclic N) is 1. The van der Waals surface area contributed by atoms with Crippen molar-refractivity contribution in [1.82, 2.24) is 4.90 Å². The highest BCUT2D eigenvalue weighted by molar-refractivity contribution is 5.72. The summed E-state index contributed by atoms with van der Waals surface area (Å²) in [5.41, 5.74) is 4.98. The lowest BCUT2D eigenvalue weighted by Crippen LogP contribution is -2.64. The first-order valence-corrected chi connectivity index (χ1v) is 4.20. The van der Waals surface area contributed by atoms with Crippen LogP contribution in [0.4, 0.5) is 4.79 Å². The summed E-state index contributed by atoms with van der Waals surface area (Å²) in [5, 5.41) is 36.8. The highest BCUT2D eigenvalue weighted by Crippen LogP contribution is 2.18. The number of amides is 2. The summed E-state index contributed by atoms with van der Waals surface area (Å²) in [6.45, 7) is -0.716. The van der Waals surface area contributed by atoms with Gasteiger partial charge in [0.25, 0.3) is 0 Å². The van der Waals surface area contributed by atoms with Crippen molar-refractivity contribution < 1.29 is 25.2 Å². The first-order chi connectivity index (χ1) is 6.49. The molecule has 0 aromatic rings. The van der Waals surface area contributed by atoms with Crippen LogP contribution in [0, 0.1) is 0 Å². The van der Waals surface area contributed by atoms with Gasteiger partial charge in [-0.05, 0) is 0 Å². The lowest BCUT2D eigenvalue weighted by Gasteiger charge is -2.42. The second kappa shape index (κ2) is 4.09. The van der Waals surface area contributed by atoms with Crippen molar-refractivity contribution in [1.29, 1.82) is 0 Å². The molecule has 1 aliphatic rings. The van der Waals surface area contributed by atoms with Crippen molar-refractivity contribution in [2.45, 2.75) is 24.4 Å². The zero-order valence-corrected chi connectivity index (χ0v) is 7.45. The summed E-state index contributed by atoms with van der Waals surface area (Å²) >= 11 is 0. The van der Waals surface area contributed by atoms with Gasteiger partial charge in [0.2, 0.25) is 0 Å². The Morgan fingerprint density at radius 2 is 1.93 bits per heavy atom. The molecule has 0 saturated carbocycles. The Balaban J connectivity index is 2.82. The van der Waals surface area contributed by atoms with Crippen LogP contribution in [0.15, 0.2) is 0 Å². The van der Waals surface area contributed by atoms with Crippen LogP contribution in [-0.2, 0) is 0 Å². The molecule has 1 fully saturated rings. The van der Waals surface area contributed by atoms with Crippen molar-refractivity contribution in [3.63, 3.8) is 0 Å². The molecule has 4 unspecified atom stereocenters. The first kappa shape index (κ1) is 11.2. The van der Waals surface area contributed by atoms with Gasteiger partial charge in [-0.25, -0.2) is 4.79 Å². The van der Waals surface area contributed by atoms with Crippen LogP contribution in [-0.4, -0.2) is 68.9 Å². The molecule has 0 radical (unpaired) electrons. The summed E-state index contributed by atoms with van der Waals surface area (Å²) in [6, 6.07) is -1.82. The standard InChI is InChI=1S/C7H14N2O5/c8-7(14)9-1-4(11)6(13)5(12)3(9)2-10/h3-6,10-13H,1-2H2,(H2,8,14). The fourth-order valence-electron chi connectivity index (χ4n) is 1.54. The molecule has 82 valence electrons. The highest BCUT2D eigenvalue weighted by Gasteiger charge is 2.42. The van der Waals surface area contributed by atoms with Crippen LogP contribution in [0.2, 0.25) is 0 Å². The lowest BCUT2D eigenvalue weighted by molar-refractivity contribution is -0.132. The monoisotopic (exact) mass is 206 g/mol. The van der Waals surface area contributed by atoms with E-state index in [0.717, 1.165) is 4.90 Å². The molecule has 1 heterocycles. The van der Waals surface area contributed by atoms with E-state index in [0.29, 0.717) is 0 Å². The second-order valence-electron chi connectivity index (χ2n) is 3.29. The van der Waals surface area contributed by atoms with Gasteiger partial charge in [-0.2, -0.15) is 0 Å². The lowest BCUT2D eigenvalue weighted by atomic mass is 9.95. The minimum Gasteiger partial charge on any atom is -0.394 e. The molecule has 4 atom stereocenters. The number of carbonyl (C=O) groups excluding carboxylic acids is 1. The molecular weight excluding hydrogens is 192 g/mol. The zero-order valence-electron chi connectivity index (χ0n) is 7.45. The molecule has 1 aliphatic heterocycles. The number of likely N-dealkylation sites (tertiary alicyclic amines) is 1. The Morgan fingerprint density at radius 1 is 1.36 bits per heavy atom. The average molecular weight is 206 g/mol. The van der Waals surface area contributed by atoms with Crippen LogP contribution in [0.1, 0.15) is 0 Å². The van der Waals surface area contributed by atoms with E-state index in [2.05, 4.69) is 0 Å². The quantitative estimate of drug-likeness (QED) is 0.309. The SMILES string of the molecule is NC(=O)N1CC(O)C(O)C(O)C1CO. The van der Waals surface area contributed by atoms with Crippen molar-refractivity contribution in [2.75, 3.05) is 13.2 Å². The van der Waals surface area contributed by atoms with E-state index in [1.54, 1.807) is 0 Å². The maximum absolute atomic E-state index is 10.9. The minimum atomic E-state index is -1.39. The van der Waals surface area contributed by atoms with Gasteiger partial charge in [0, 0.05) is 0 Å². The number of aliphatic hydroxyl groups is 4. The molecule has 0 aromatic carbocycles. The maximum atomic E-state index is 10.9. The van der Waals surface area contributed by atoms with E-state index in [-0.39, 0.29) is 6.54 Å². The van der Waals surface area contributed by atoms with Crippen LogP contribution in [0.3, 0.4) is 0 Å². The molecule has 0 bridgehead atoms. The van der Waals surface area contributed by atoms with Gasteiger partial charge in [-0.15, -0.1) is 0 Å². The second-order valence-corrected chi connectivity index (χ2v) is 3.29. The van der Waals surface area contributed by atoms with Crippen molar-refractivity contribution in [3.05, 3.63) is 0 Å². The summed E-state index contributed by atoms with van der Waals surface area (Å²) in [5.74, 6) is 0. The first-order valence-electron chi connectivity index (χ1n) is 4.20. The normalized spacial score (nSPS) is 38.4. The molecule has 1 saturated heterocycles. The number of nitrogens with two attached hydrogens (primary N) is 1. The number of carbonyl (C=O) groups is 1. The summed E-state index contributed by atoms with van der Waals surface area (Å²) in [4.78, 5) is 11.8. The number of piperidine rings is 1. The topological polar surface area (TPSA) is 127 Å². The smallest absolute Gasteiger partial charge is 0.315 e. The van der Waals surface area contributed by atoms with Crippen molar-refractivity contribution in [3.8, 4) is 0 Å². The van der Waals surface area contributed by atoms with Gasteiger partial charge in [0.15, 0.2) is 0 Å². The van der Waals surface area contributed by atoms with Gasteiger partial charge in [0.1, 0.15) is 18.3 Å². The number of rotatable bonds is 1. The van der Waals surface area contributed by atoms with E-state index in [1.165, 1.54) is 0 Å². The summed E-state index contributed by atoms with van der Waals surface area (Å²) < 4.78 is 0. The Hall–Kier alpha value is -0.890. The van der Waals surface area contributed by atoms with Crippen LogP contribution >= 0.6 is 0 Å². The number of urea groups is 1. The number of nitrogens with zero attached hydrogens (tertiary/aromatic N) is 1. The molecule has 1 rings (SSSR count). The molecule has 7 nitrogen and oxygen atoms in total. The molecule has 14 heavy (non-hydrogen) atoms. The molecule has 0 aromatic heterocycles. The summed E-state index contributed by atoms with van der Waals surface area (Å²) in [6.07, 6.45) is -4.01. The predicted molar refractivity (Wildman–Crippen MR) is 45.2 cm³/mol. The van der Waals surface area contributed by atoms with Gasteiger partial charge in [-0.1, -0.05) is 0 Å². The number of hydrogen-bond acceptors (Lipinski definition) is 5. The Kier molecular flexibility index (Phi) is 3.27. The molecule has 6 N–H and O–H groups in total. The van der Waals surface area contributed by atoms with Gasteiger partial charge >= 0.3 is 6.03 Å². The number of hydrogen-bond donors (Lipinski definition) is 5. The van der Waals surface area contributed by atoms with Crippen LogP contribution < -0.4 is 5.73 Å². The third-order valence-electron chi connectivity index (χ3n) is 2.39. The van der Waals surface area contributed by atoms with Crippen LogP contribution in [0.5, 0.6) is 0 Å². The van der Waals surface area contributed by atoms with Gasteiger partial charge in [-0.3, -0.25) is 0 Å². The fourth-order valence-corrected chi connectivity index (χ4v) is 1.54. The highest BCUT2D eigenvalue weighted by atomic mass is 16.4. The third-order valence-corrected chi connectivity index (χ3v) is 2.39. The molecule has 0 spiro atoms. The molecule has 0 aliphatic carbocycles. The number of primary amides is 1. The van der Waals surface area contributed by atoms with E-state index >= 15 is 0 Å². The molecular formula is C7H14N2O5. The largest absolute Gasteiger partial charge is 0.394 e. The number of aliphatic hydroxyl groups excluding tert-OH is 4. The Labute approximate surface area is 80.4 Å². The average Bonchev–Trinajstić information content (AvgIpc) is 2.13. The predicted octanol–water partition coefficient (Wildman–Crippen LogP) is -3.18. The maximum Gasteiger partial charge on any atom is 0.315 e. The fraction of sp³-hybridized carbons (Fsp3) is 0.857. The van der Waals surface area contributed by atoms with E-state index < -0.39 is 37.0 Å². The molecule has 2 amide bonds. The Bertz CT molecular complexity index is 224. The van der Waals surface area contributed by atoms with Gasteiger partial charge < -0.3 is 31.1 Å². The van der Waals surface area contributed by atoms with Crippen LogP contribution in [0.25, 0.3) is 0 Å². The third kappa shape index (κ3) is 1.80. The zero-order chi connectivity index (χ0) is 10.9. The molecule has 7 heteroatoms. The van der Waals surface area contributed by atoms with E-state index in [9.17, 15) is 20.1 Å². The van der Waals surface area contributed by atoms with E-state index in [1.807, 2.05) is 0 Å². The van der Waals surface area contributed by atoms with E-state index in [4.69, 9.17) is 10.8 Å². The Morgan fingerprint density at radius 3 is 2.36 bits per heavy atom. The van der Waals surface area contributed by atoms with Crippen molar-refractivity contribution in [2.24, 2.45) is 5.73 Å². The van der Waals surface area contributed by atoms with Crippen molar-refractivity contribution >= 4 is 6.03 Å².